The van der Waals surface area contributed by atoms with E-state index in [2.05, 4.69) is 25.4 Å². The van der Waals surface area contributed by atoms with Crippen molar-refractivity contribution in [2.24, 2.45) is 0 Å². The molecule has 4 N–H and O–H groups in total. The monoisotopic (exact) mass is 554 g/mol. The van der Waals surface area contributed by atoms with Gasteiger partial charge in [0.05, 0.1) is 40.2 Å². The lowest BCUT2D eigenvalue weighted by Crippen LogP contribution is -2.27. The molecular formula is C23H20F6N8O2. The first-order valence-electron chi connectivity index (χ1n) is 11.4. The van der Waals surface area contributed by atoms with Gasteiger partial charge in [-0.3, -0.25) is 14.2 Å². The van der Waals surface area contributed by atoms with Crippen molar-refractivity contribution in [3.05, 3.63) is 68.5 Å². The molecule has 16 heteroatoms. The number of fused-ring (bicyclic) bond motifs is 1. The van der Waals surface area contributed by atoms with Crippen LogP contribution in [0.2, 0.25) is 0 Å². The number of aromatic nitrogens is 6. The first-order chi connectivity index (χ1) is 18.4. The molecule has 10 nitrogen and oxygen atoms in total. The van der Waals surface area contributed by atoms with Gasteiger partial charge >= 0.3 is 6.18 Å². The number of nitrogens with two attached hydrogens (primary N) is 1. The summed E-state index contributed by atoms with van der Waals surface area (Å²) >= 11 is 0. The van der Waals surface area contributed by atoms with Crippen LogP contribution in [0.15, 0.2) is 40.4 Å². The van der Waals surface area contributed by atoms with Crippen molar-refractivity contribution < 1.29 is 26.3 Å². The third-order valence-electron chi connectivity index (χ3n) is 5.81. The lowest BCUT2D eigenvalue weighted by molar-refractivity contribution is -0.138. The fraction of sp³-hybridized carbons (Fsp3) is 0.304. The standard InChI is InChI=1S/C23H20F6N8O2/c1-10(34-16-8-33-36-21(38)17(16)23(27,28)29)3-2-4-37-9-32-15-6-11(14(24)5-12(15)22(37)39)20-31-7-13(18(25)26)19(30)35-20/h5-10,18H,2-4H2,1H3,(H2,30,31,35)(H2,34,36,38)/t10-/m0/s1. The summed E-state index contributed by atoms with van der Waals surface area (Å²) in [5.41, 5.74) is 1.03. The Bertz CT molecular complexity index is 1640. The van der Waals surface area contributed by atoms with Crippen molar-refractivity contribution in [2.75, 3.05) is 11.1 Å². The molecule has 4 aromatic rings. The van der Waals surface area contributed by atoms with Gasteiger partial charge in [-0.2, -0.15) is 18.3 Å². The van der Waals surface area contributed by atoms with Gasteiger partial charge in [0.15, 0.2) is 5.82 Å². The van der Waals surface area contributed by atoms with Gasteiger partial charge < -0.3 is 11.1 Å². The van der Waals surface area contributed by atoms with Gasteiger partial charge in [-0.1, -0.05) is 0 Å². The van der Waals surface area contributed by atoms with Crippen LogP contribution in [0.5, 0.6) is 0 Å². The van der Waals surface area contributed by atoms with Crippen LogP contribution >= 0.6 is 0 Å². The zero-order valence-electron chi connectivity index (χ0n) is 20.1. The van der Waals surface area contributed by atoms with Crippen molar-refractivity contribution >= 4 is 22.4 Å². The van der Waals surface area contributed by atoms with Crippen molar-refractivity contribution in [3.63, 3.8) is 0 Å². The number of aromatic amines is 1. The van der Waals surface area contributed by atoms with E-state index in [-0.39, 0.29) is 28.8 Å². The van der Waals surface area contributed by atoms with Gasteiger partial charge in [-0.15, -0.1) is 0 Å². The summed E-state index contributed by atoms with van der Waals surface area (Å²) in [6.45, 7) is 1.72. The van der Waals surface area contributed by atoms with E-state index in [0.717, 1.165) is 18.5 Å². The molecule has 0 spiro atoms. The lowest BCUT2D eigenvalue weighted by atomic mass is 10.1. The number of nitrogens with zero attached hydrogens (tertiary/aromatic N) is 5. The predicted octanol–water partition coefficient (Wildman–Crippen LogP) is 3.90. The molecule has 0 aliphatic rings. The molecular weight excluding hydrogens is 534 g/mol. The van der Waals surface area contributed by atoms with Gasteiger partial charge in [0.1, 0.15) is 17.2 Å². The summed E-state index contributed by atoms with van der Waals surface area (Å²) in [7, 11) is 0. The Balaban J connectivity index is 1.49. The number of halogens is 6. The second-order valence-electron chi connectivity index (χ2n) is 8.60. The highest BCUT2D eigenvalue weighted by Gasteiger charge is 2.37. The minimum atomic E-state index is -4.88. The Morgan fingerprint density at radius 3 is 2.56 bits per heavy atom. The van der Waals surface area contributed by atoms with E-state index in [4.69, 9.17) is 5.73 Å². The number of hydrogen-bond donors (Lipinski definition) is 3. The molecule has 0 amide bonds. The van der Waals surface area contributed by atoms with E-state index in [1.807, 2.05) is 0 Å². The Morgan fingerprint density at radius 2 is 1.90 bits per heavy atom. The SMILES string of the molecule is C[C@@H](CCCn1cnc2cc(-c3ncc(C(F)F)c(N)n3)c(F)cc2c1=O)Nc1cn[nH]c(=O)c1C(F)(F)F. The molecule has 1 aromatic carbocycles. The van der Waals surface area contributed by atoms with E-state index in [1.165, 1.54) is 17.0 Å². The summed E-state index contributed by atoms with van der Waals surface area (Å²) in [6, 6.07) is 1.61. The van der Waals surface area contributed by atoms with Crippen LogP contribution in [0.1, 0.15) is 37.3 Å². The normalized spacial score (nSPS) is 12.7. The molecule has 0 radical (unpaired) electrons. The van der Waals surface area contributed by atoms with Crippen LogP contribution < -0.4 is 22.2 Å². The van der Waals surface area contributed by atoms with Gasteiger partial charge in [-0.25, -0.2) is 33.2 Å². The number of H-pyrrole nitrogens is 1. The van der Waals surface area contributed by atoms with E-state index < -0.39 is 58.2 Å². The number of hydrogen-bond acceptors (Lipinski definition) is 8. The zero-order chi connectivity index (χ0) is 28.5. The van der Waals surface area contributed by atoms with Crippen LogP contribution in [0.25, 0.3) is 22.3 Å². The summed E-state index contributed by atoms with van der Waals surface area (Å²) in [6.07, 6.45) is -4.28. The summed E-state index contributed by atoms with van der Waals surface area (Å²) in [5, 5.41) is 7.70. The first kappa shape index (κ1) is 27.5. The molecule has 0 saturated heterocycles. The predicted molar refractivity (Wildman–Crippen MR) is 129 cm³/mol. The fourth-order valence-electron chi connectivity index (χ4n) is 3.91. The molecule has 39 heavy (non-hydrogen) atoms. The van der Waals surface area contributed by atoms with Crippen LogP contribution in [-0.4, -0.2) is 35.8 Å². The lowest BCUT2D eigenvalue weighted by Gasteiger charge is -2.18. The van der Waals surface area contributed by atoms with Crippen LogP contribution in [-0.2, 0) is 12.7 Å². The zero-order valence-corrected chi connectivity index (χ0v) is 20.1. The fourth-order valence-corrected chi connectivity index (χ4v) is 3.91. The summed E-state index contributed by atoms with van der Waals surface area (Å²) in [4.78, 5) is 36.1. The Hall–Kier alpha value is -4.50. The van der Waals surface area contributed by atoms with Gasteiger partial charge in [-0.05, 0) is 31.9 Å². The van der Waals surface area contributed by atoms with Gasteiger partial charge in [0.2, 0.25) is 0 Å². The van der Waals surface area contributed by atoms with Crippen molar-refractivity contribution in [1.29, 1.82) is 0 Å². The van der Waals surface area contributed by atoms with E-state index in [0.29, 0.717) is 12.8 Å². The molecule has 4 rings (SSSR count). The average Bonchev–Trinajstić information content (AvgIpc) is 2.84. The molecule has 0 fully saturated rings. The average molecular weight is 554 g/mol. The smallest absolute Gasteiger partial charge is 0.383 e. The minimum Gasteiger partial charge on any atom is -0.383 e. The quantitative estimate of drug-likeness (QED) is 0.278. The van der Waals surface area contributed by atoms with Crippen molar-refractivity contribution in [2.45, 2.75) is 45.0 Å². The number of rotatable bonds is 8. The molecule has 0 bridgehead atoms. The minimum absolute atomic E-state index is 0.0634. The van der Waals surface area contributed by atoms with E-state index >= 15 is 0 Å². The van der Waals surface area contributed by atoms with E-state index in [9.17, 15) is 35.9 Å². The molecule has 0 aliphatic carbocycles. The van der Waals surface area contributed by atoms with Gasteiger partial charge in [0, 0.05) is 18.8 Å². The number of anilines is 2. The molecule has 1 atom stereocenters. The maximum absolute atomic E-state index is 14.9. The highest BCUT2D eigenvalue weighted by Crippen LogP contribution is 2.32. The van der Waals surface area contributed by atoms with Crippen molar-refractivity contribution in [3.8, 4) is 11.4 Å². The highest BCUT2D eigenvalue weighted by molar-refractivity contribution is 5.82. The van der Waals surface area contributed by atoms with Crippen LogP contribution in [0.3, 0.4) is 0 Å². The molecule has 0 saturated carbocycles. The van der Waals surface area contributed by atoms with Crippen LogP contribution in [0, 0.1) is 5.82 Å². The second-order valence-corrected chi connectivity index (χ2v) is 8.60. The number of nitrogens with one attached hydrogen (secondary N) is 2. The number of aryl methyl sites for hydroxylation is 1. The maximum Gasteiger partial charge on any atom is 0.423 e. The van der Waals surface area contributed by atoms with E-state index in [1.54, 1.807) is 12.0 Å². The second kappa shape index (κ2) is 10.7. The highest BCUT2D eigenvalue weighted by atomic mass is 19.4. The largest absolute Gasteiger partial charge is 0.423 e. The molecule has 3 aromatic heterocycles. The topological polar surface area (TPSA) is 144 Å². The molecule has 206 valence electrons. The van der Waals surface area contributed by atoms with Gasteiger partial charge in [0.25, 0.3) is 17.5 Å². The number of benzene rings is 1. The Morgan fingerprint density at radius 1 is 1.15 bits per heavy atom. The number of nitrogen functional groups attached to an aromatic ring is 1. The molecule has 0 aliphatic heterocycles. The molecule has 3 heterocycles. The third-order valence-corrected chi connectivity index (χ3v) is 5.81. The summed E-state index contributed by atoms with van der Waals surface area (Å²) in [5.74, 6) is -1.66. The number of alkyl halides is 5. The first-order valence-corrected chi connectivity index (χ1v) is 11.4. The Labute approximate surface area is 214 Å². The summed E-state index contributed by atoms with van der Waals surface area (Å²) < 4.78 is 81.5. The Kier molecular flexibility index (Phi) is 7.56. The maximum atomic E-state index is 14.9. The third kappa shape index (κ3) is 5.83. The van der Waals surface area contributed by atoms with Crippen molar-refractivity contribution in [1.82, 2.24) is 29.7 Å². The molecule has 0 unspecified atom stereocenters. The van der Waals surface area contributed by atoms with Crippen LogP contribution in [0.4, 0.5) is 37.8 Å².